The predicted molar refractivity (Wildman–Crippen MR) is 96.9 cm³/mol. The van der Waals surface area contributed by atoms with Crippen molar-refractivity contribution in [3.05, 3.63) is 63.7 Å². The second-order valence-corrected chi connectivity index (χ2v) is 7.97. The number of hydrogen-bond donors (Lipinski definition) is 2. The molecule has 146 valence electrons. The number of rotatable bonds is 7. The molecule has 0 radical (unpaired) electrons. The van der Waals surface area contributed by atoms with E-state index in [-0.39, 0.29) is 16.6 Å². The van der Waals surface area contributed by atoms with Crippen molar-refractivity contribution in [1.82, 2.24) is 4.72 Å². The number of sulfonamides is 1. The van der Waals surface area contributed by atoms with E-state index >= 15 is 0 Å². The normalized spacial score (nSPS) is 12.8. The number of nitrogens with zero attached hydrogens (tertiary/aromatic N) is 1. The summed E-state index contributed by atoms with van der Waals surface area (Å²) in [5, 5.41) is 14.2. The Bertz CT molecular complexity index is 965. The summed E-state index contributed by atoms with van der Waals surface area (Å²) in [6, 6.07) is 5.80. The van der Waals surface area contributed by atoms with Crippen LogP contribution in [0.5, 0.6) is 0 Å². The first-order valence-corrected chi connectivity index (χ1v) is 9.52. The van der Waals surface area contributed by atoms with Crippen LogP contribution in [0.15, 0.2) is 41.3 Å². The van der Waals surface area contributed by atoms with Gasteiger partial charge in [-0.1, -0.05) is 6.07 Å². The molecule has 0 aliphatic heterocycles. The van der Waals surface area contributed by atoms with Crippen molar-refractivity contribution in [1.29, 1.82) is 0 Å². The number of halogens is 2. The van der Waals surface area contributed by atoms with Crippen molar-refractivity contribution in [2.24, 2.45) is 0 Å². The maximum absolute atomic E-state index is 13.4. The van der Waals surface area contributed by atoms with E-state index in [9.17, 15) is 27.3 Å². The highest BCUT2D eigenvalue weighted by molar-refractivity contribution is 7.89. The Hall–Kier alpha value is -2.59. The predicted octanol–water partition coefficient (Wildman–Crippen LogP) is 3.73. The van der Waals surface area contributed by atoms with Gasteiger partial charge in [-0.15, -0.1) is 0 Å². The van der Waals surface area contributed by atoms with Gasteiger partial charge in [-0.25, -0.2) is 21.9 Å². The largest absolute Gasteiger partial charge is 0.373 e. The van der Waals surface area contributed by atoms with Gasteiger partial charge < -0.3 is 5.32 Å². The lowest BCUT2D eigenvalue weighted by atomic mass is 10.1. The van der Waals surface area contributed by atoms with Crippen LogP contribution in [0, 0.1) is 21.7 Å². The molecule has 1 atom stereocenters. The maximum atomic E-state index is 13.4. The minimum atomic E-state index is -3.90. The van der Waals surface area contributed by atoms with E-state index in [1.54, 1.807) is 20.8 Å². The van der Waals surface area contributed by atoms with Gasteiger partial charge in [-0.2, -0.15) is 0 Å². The summed E-state index contributed by atoms with van der Waals surface area (Å²) >= 11 is 0. The van der Waals surface area contributed by atoms with Gasteiger partial charge in [0.1, 0.15) is 5.69 Å². The molecule has 0 spiro atoms. The number of nitro benzene ring substituents is 1. The minimum absolute atomic E-state index is 0.0562. The molecule has 7 nitrogen and oxygen atoms in total. The van der Waals surface area contributed by atoms with Crippen molar-refractivity contribution in [2.45, 2.75) is 37.8 Å². The van der Waals surface area contributed by atoms with Gasteiger partial charge in [-0.3, -0.25) is 10.1 Å². The summed E-state index contributed by atoms with van der Waals surface area (Å²) < 4.78 is 53.2. The van der Waals surface area contributed by atoms with Crippen LogP contribution in [0.1, 0.15) is 32.4 Å². The molecular weight excluding hydrogens is 380 g/mol. The molecule has 0 aliphatic carbocycles. The lowest BCUT2D eigenvalue weighted by Gasteiger charge is -2.17. The number of benzene rings is 2. The quantitative estimate of drug-likeness (QED) is 0.546. The third kappa shape index (κ3) is 4.98. The number of hydrogen-bond acceptors (Lipinski definition) is 5. The summed E-state index contributed by atoms with van der Waals surface area (Å²) in [6.07, 6.45) is 0. The number of nitrogens with one attached hydrogen (secondary N) is 2. The van der Waals surface area contributed by atoms with E-state index < -0.39 is 38.3 Å². The highest BCUT2D eigenvalue weighted by atomic mass is 32.2. The van der Waals surface area contributed by atoms with E-state index in [0.717, 1.165) is 18.2 Å². The van der Waals surface area contributed by atoms with Crippen LogP contribution in [0.3, 0.4) is 0 Å². The second-order valence-electron chi connectivity index (χ2n) is 6.25. The fourth-order valence-electron chi connectivity index (χ4n) is 2.43. The van der Waals surface area contributed by atoms with Gasteiger partial charge in [-0.05, 0) is 50.6 Å². The minimum Gasteiger partial charge on any atom is -0.373 e. The van der Waals surface area contributed by atoms with E-state index in [1.807, 2.05) is 0 Å². The Morgan fingerprint density at radius 1 is 1.04 bits per heavy atom. The van der Waals surface area contributed by atoms with Crippen LogP contribution in [-0.4, -0.2) is 19.4 Å². The number of nitro groups is 1. The Morgan fingerprint density at radius 2 is 1.70 bits per heavy atom. The first kappa shape index (κ1) is 20.7. The molecule has 0 heterocycles. The molecule has 2 rings (SSSR count). The fraction of sp³-hybridized carbons (Fsp3) is 0.294. The topological polar surface area (TPSA) is 101 Å². The van der Waals surface area contributed by atoms with Gasteiger partial charge in [0.25, 0.3) is 5.69 Å². The van der Waals surface area contributed by atoms with Crippen molar-refractivity contribution in [2.75, 3.05) is 5.32 Å². The Balaban J connectivity index is 2.36. The molecule has 27 heavy (non-hydrogen) atoms. The SMILES string of the molecule is CC(C)NS(=O)(=O)c1ccc(N[C@@H](C)c2ccc(F)c(F)c2)c([N+](=O)[O-])c1. The first-order chi connectivity index (χ1) is 12.5. The zero-order chi connectivity index (χ0) is 20.4. The van der Waals surface area contributed by atoms with E-state index in [1.165, 1.54) is 18.2 Å². The first-order valence-electron chi connectivity index (χ1n) is 8.03. The van der Waals surface area contributed by atoms with E-state index in [0.29, 0.717) is 5.56 Å². The zero-order valence-electron chi connectivity index (χ0n) is 14.9. The Labute approximate surface area is 155 Å². The Kier molecular flexibility index (Phi) is 6.11. The smallest absolute Gasteiger partial charge is 0.293 e. The third-order valence-corrected chi connectivity index (χ3v) is 5.34. The fourth-order valence-corrected chi connectivity index (χ4v) is 3.70. The average molecular weight is 399 g/mol. The van der Waals surface area contributed by atoms with Crippen LogP contribution in [-0.2, 0) is 10.0 Å². The molecule has 0 saturated carbocycles. The maximum Gasteiger partial charge on any atom is 0.293 e. The van der Waals surface area contributed by atoms with Crippen LogP contribution in [0.2, 0.25) is 0 Å². The van der Waals surface area contributed by atoms with Gasteiger partial charge in [0.05, 0.1) is 9.82 Å². The van der Waals surface area contributed by atoms with Crippen LogP contribution < -0.4 is 10.0 Å². The molecule has 0 unspecified atom stereocenters. The molecule has 2 aromatic rings. The van der Waals surface area contributed by atoms with E-state index in [4.69, 9.17) is 0 Å². The molecule has 2 N–H and O–H groups in total. The van der Waals surface area contributed by atoms with Gasteiger partial charge in [0, 0.05) is 18.2 Å². The van der Waals surface area contributed by atoms with Crippen LogP contribution in [0.25, 0.3) is 0 Å². The highest BCUT2D eigenvalue weighted by Gasteiger charge is 2.23. The molecule has 0 bridgehead atoms. The van der Waals surface area contributed by atoms with Gasteiger partial charge >= 0.3 is 0 Å². The molecule has 0 saturated heterocycles. The summed E-state index contributed by atoms with van der Waals surface area (Å²) in [5.41, 5.74) is -0.0156. The zero-order valence-corrected chi connectivity index (χ0v) is 15.7. The summed E-state index contributed by atoms with van der Waals surface area (Å²) in [4.78, 5) is 10.4. The number of anilines is 1. The van der Waals surface area contributed by atoms with Crippen molar-refractivity contribution in [3.63, 3.8) is 0 Å². The van der Waals surface area contributed by atoms with Gasteiger partial charge in [0.15, 0.2) is 11.6 Å². The molecule has 0 amide bonds. The van der Waals surface area contributed by atoms with Crippen molar-refractivity contribution < 1.29 is 22.1 Å². The third-order valence-electron chi connectivity index (χ3n) is 3.68. The van der Waals surface area contributed by atoms with E-state index in [2.05, 4.69) is 10.0 Å². The standard InChI is InChI=1S/C17H19F2N3O4S/c1-10(2)21-27(25,26)13-5-7-16(17(9-13)22(23)24)20-11(3)12-4-6-14(18)15(19)8-12/h4-11,20-21H,1-3H3/t11-/m0/s1. The molecule has 0 aromatic heterocycles. The lowest BCUT2D eigenvalue weighted by Crippen LogP contribution is -2.30. The molecular formula is C17H19F2N3O4S. The molecule has 10 heteroatoms. The summed E-state index contributed by atoms with van der Waals surface area (Å²) in [6.45, 7) is 4.87. The van der Waals surface area contributed by atoms with Crippen LogP contribution >= 0.6 is 0 Å². The summed E-state index contributed by atoms with van der Waals surface area (Å²) in [7, 11) is -3.90. The molecule has 0 fully saturated rings. The monoisotopic (exact) mass is 399 g/mol. The summed E-state index contributed by atoms with van der Waals surface area (Å²) in [5.74, 6) is -2.03. The molecule has 2 aromatic carbocycles. The highest BCUT2D eigenvalue weighted by Crippen LogP contribution is 2.31. The lowest BCUT2D eigenvalue weighted by molar-refractivity contribution is -0.384. The van der Waals surface area contributed by atoms with Crippen molar-refractivity contribution >= 4 is 21.4 Å². The Morgan fingerprint density at radius 3 is 2.26 bits per heavy atom. The van der Waals surface area contributed by atoms with Gasteiger partial charge in [0.2, 0.25) is 10.0 Å². The molecule has 0 aliphatic rings. The average Bonchev–Trinajstić information content (AvgIpc) is 2.56. The second kappa shape index (κ2) is 7.97. The van der Waals surface area contributed by atoms with Crippen LogP contribution in [0.4, 0.5) is 20.2 Å². The van der Waals surface area contributed by atoms with Crippen molar-refractivity contribution in [3.8, 4) is 0 Å².